The molecule has 5 heteroatoms. The molecule has 2 aromatic rings. The number of methoxy groups -OCH3 is 1. The molecule has 86 valence electrons. The average molecular weight is 232 g/mol. The van der Waals surface area contributed by atoms with Crippen LogP contribution in [0.1, 0.15) is 16.1 Å². The quantitative estimate of drug-likeness (QED) is 0.758. The van der Waals surface area contributed by atoms with E-state index in [4.69, 9.17) is 4.74 Å². The van der Waals surface area contributed by atoms with Crippen LogP contribution in [0.5, 0.6) is 5.75 Å². The van der Waals surface area contributed by atoms with Gasteiger partial charge in [0.15, 0.2) is 0 Å². The van der Waals surface area contributed by atoms with Gasteiger partial charge in [-0.2, -0.15) is 0 Å². The van der Waals surface area contributed by atoms with Crippen LogP contribution in [0, 0.1) is 5.82 Å². The zero-order chi connectivity index (χ0) is 12.3. The van der Waals surface area contributed by atoms with E-state index in [0.29, 0.717) is 5.75 Å². The number of hydrogen-bond acceptors (Lipinski definition) is 4. The Kier molecular flexibility index (Phi) is 3.09. The Morgan fingerprint density at radius 3 is 2.82 bits per heavy atom. The van der Waals surface area contributed by atoms with Crippen molar-refractivity contribution in [1.29, 1.82) is 0 Å². The highest BCUT2D eigenvalue weighted by molar-refractivity contribution is 6.09. The van der Waals surface area contributed by atoms with Crippen molar-refractivity contribution in [1.82, 2.24) is 9.97 Å². The SMILES string of the molecule is COc1ccc(F)cc1C(=O)c1ccncn1. The summed E-state index contributed by atoms with van der Waals surface area (Å²) in [4.78, 5) is 19.6. The number of aromatic nitrogens is 2. The Labute approximate surface area is 97.1 Å². The van der Waals surface area contributed by atoms with Gasteiger partial charge in [0, 0.05) is 6.20 Å². The minimum absolute atomic E-state index is 0.145. The number of hydrogen-bond donors (Lipinski definition) is 0. The van der Waals surface area contributed by atoms with E-state index >= 15 is 0 Å². The second kappa shape index (κ2) is 4.69. The highest BCUT2D eigenvalue weighted by atomic mass is 19.1. The Bertz CT molecular complexity index is 543. The third-order valence-electron chi connectivity index (χ3n) is 2.22. The van der Waals surface area contributed by atoms with Gasteiger partial charge in [0.25, 0.3) is 0 Å². The lowest BCUT2D eigenvalue weighted by Gasteiger charge is -2.06. The number of ether oxygens (including phenoxy) is 1. The summed E-state index contributed by atoms with van der Waals surface area (Å²) in [6.07, 6.45) is 2.71. The number of rotatable bonds is 3. The van der Waals surface area contributed by atoms with Crippen molar-refractivity contribution in [2.45, 2.75) is 0 Å². The number of benzene rings is 1. The molecule has 2 rings (SSSR count). The molecule has 0 spiro atoms. The van der Waals surface area contributed by atoms with E-state index in [0.717, 1.165) is 6.07 Å². The summed E-state index contributed by atoms with van der Waals surface area (Å²) in [5, 5.41) is 0. The summed E-state index contributed by atoms with van der Waals surface area (Å²) in [5.74, 6) is -0.582. The minimum Gasteiger partial charge on any atom is -0.496 e. The highest BCUT2D eigenvalue weighted by Crippen LogP contribution is 2.21. The number of halogens is 1. The Balaban J connectivity index is 2.47. The van der Waals surface area contributed by atoms with Gasteiger partial charge in [0.05, 0.1) is 12.7 Å². The van der Waals surface area contributed by atoms with Gasteiger partial charge in [-0.1, -0.05) is 0 Å². The van der Waals surface area contributed by atoms with Crippen molar-refractivity contribution >= 4 is 5.78 Å². The Morgan fingerprint density at radius 2 is 2.18 bits per heavy atom. The van der Waals surface area contributed by atoms with E-state index < -0.39 is 11.6 Å². The van der Waals surface area contributed by atoms with Gasteiger partial charge in [-0.05, 0) is 24.3 Å². The second-order valence-electron chi connectivity index (χ2n) is 3.27. The van der Waals surface area contributed by atoms with Crippen molar-refractivity contribution < 1.29 is 13.9 Å². The third kappa shape index (κ3) is 2.28. The zero-order valence-corrected chi connectivity index (χ0v) is 9.05. The Morgan fingerprint density at radius 1 is 1.35 bits per heavy atom. The first-order valence-corrected chi connectivity index (χ1v) is 4.86. The summed E-state index contributed by atoms with van der Waals surface area (Å²) >= 11 is 0. The van der Waals surface area contributed by atoms with E-state index in [-0.39, 0.29) is 11.3 Å². The van der Waals surface area contributed by atoms with Crippen molar-refractivity contribution in [3.05, 3.63) is 53.9 Å². The van der Waals surface area contributed by atoms with Gasteiger partial charge in [-0.15, -0.1) is 0 Å². The van der Waals surface area contributed by atoms with Gasteiger partial charge in [0.2, 0.25) is 5.78 Å². The van der Waals surface area contributed by atoms with Gasteiger partial charge in [0.1, 0.15) is 23.6 Å². The van der Waals surface area contributed by atoms with Crippen molar-refractivity contribution in [3.8, 4) is 5.75 Å². The third-order valence-corrected chi connectivity index (χ3v) is 2.22. The summed E-state index contributed by atoms with van der Waals surface area (Å²) in [6, 6.07) is 5.23. The first-order chi connectivity index (χ1) is 8.22. The van der Waals surface area contributed by atoms with Crippen LogP contribution < -0.4 is 4.74 Å². The number of carbonyl (C=O) groups excluding carboxylic acids is 1. The topological polar surface area (TPSA) is 52.1 Å². The van der Waals surface area contributed by atoms with Crippen molar-refractivity contribution in [2.24, 2.45) is 0 Å². The number of nitrogens with zero attached hydrogens (tertiary/aromatic N) is 2. The molecule has 1 heterocycles. The van der Waals surface area contributed by atoms with E-state index in [1.54, 1.807) is 0 Å². The first-order valence-electron chi connectivity index (χ1n) is 4.86. The molecule has 0 N–H and O–H groups in total. The standard InChI is InChI=1S/C12H9FN2O2/c1-17-11-3-2-8(13)6-9(11)12(16)10-4-5-14-7-15-10/h2-7H,1H3. The molecule has 0 aliphatic rings. The molecule has 1 aromatic carbocycles. The van der Waals surface area contributed by atoms with E-state index in [1.807, 2.05) is 0 Å². The van der Waals surface area contributed by atoms with E-state index in [2.05, 4.69) is 9.97 Å². The number of carbonyl (C=O) groups is 1. The summed E-state index contributed by atoms with van der Waals surface area (Å²) in [6.45, 7) is 0. The fourth-order valence-corrected chi connectivity index (χ4v) is 1.42. The smallest absolute Gasteiger partial charge is 0.215 e. The highest BCUT2D eigenvalue weighted by Gasteiger charge is 2.16. The summed E-state index contributed by atoms with van der Waals surface area (Å²) in [7, 11) is 1.42. The molecule has 0 fully saturated rings. The first kappa shape index (κ1) is 11.2. The lowest BCUT2D eigenvalue weighted by Crippen LogP contribution is -2.06. The number of ketones is 1. The monoisotopic (exact) mass is 232 g/mol. The fourth-order valence-electron chi connectivity index (χ4n) is 1.42. The molecule has 4 nitrogen and oxygen atoms in total. The molecular weight excluding hydrogens is 223 g/mol. The van der Waals surface area contributed by atoms with Crippen LogP contribution in [0.25, 0.3) is 0 Å². The van der Waals surface area contributed by atoms with Crippen molar-refractivity contribution in [3.63, 3.8) is 0 Å². The van der Waals surface area contributed by atoms with Crippen LogP contribution in [-0.4, -0.2) is 22.9 Å². The molecule has 0 unspecified atom stereocenters. The van der Waals surface area contributed by atoms with Crippen molar-refractivity contribution in [2.75, 3.05) is 7.11 Å². The Hall–Kier alpha value is -2.30. The molecule has 0 aliphatic heterocycles. The molecule has 0 bridgehead atoms. The molecule has 0 aliphatic carbocycles. The predicted octanol–water partition coefficient (Wildman–Crippen LogP) is 1.86. The lowest BCUT2D eigenvalue weighted by atomic mass is 10.1. The van der Waals surface area contributed by atoms with Gasteiger partial charge in [-0.3, -0.25) is 4.79 Å². The second-order valence-corrected chi connectivity index (χ2v) is 3.27. The summed E-state index contributed by atoms with van der Waals surface area (Å²) < 4.78 is 18.1. The largest absolute Gasteiger partial charge is 0.496 e. The van der Waals surface area contributed by atoms with Gasteiger partial charge in [-0.25, -0.2) is 14.4 Å². The van der Waals surface area contributed by atoms with Crippen LogP contribution in [0.15, 0.2) is 36.8 Å². The molecule has 0 atom stereocenters. The lowest BCUT2D eigenvalue weighted by molar-refractivity contribution is 0.103. The predicted molar refractivity (Wildman–Crippen MR) is 58.4 cm³/mol. The maximum atomic E-state index is 13.1. The molecule has 0 amide bonds. The average Bonchev–Trinajstić information content (AvgIpc) is 2.39. The fraction of sp³-hybridized carbons (Fsp3) is 0.0833. The van der Waals surface area contributed by atoms with Gasteiger partial charge >= 0.3 is 0 Å². The minimum atomic E-state index is -0.497. The molecule has 1 aromatic heterocycles. The van der Waals surface area contributed by atoms with E-state index in [9.17, 15) is 9.18 Å². The molecule has 17 heavy (non-hydrogen) atoms. The molecule has 0 saturated heterocycles. The van der Waals surface area contributed by atoms with Crippen LogP contribution in [0.3, 0.4) is 0 Å². The maximum absolute atomic E-state index is 13.1. The normalized spacial score (nSPS) is 10.0. The van der Waals surface area contributed by atoms with Gasteiger partial charge < -0.3 is 4.74 Å². The van der Waals surface area contributed by atoms with Crippen LogP contribution in [0.4, 0.5) is 4.39 Å². The van der Waals surface area contributed by atoms with Crippen LogP contribution in [0.2, 0.25) is 0 Å². The molecular formula is C12H9FN2O2. The maximum Gasteiger partial charge on any atom is 0.215 e. The van der Waals surface area contributed by atoms with Crippen LogP contribution in [-0.2, 0) is 0 Å². The van der Waals surface area contributed by atoms with E-state index in [1.165, 1.54) is 37.8 Å². The molecule has 0 saturated carbocycles. The zero-order valence-electron chi connectivity index (χ0n) is 9.05. The van der Waals surface area contributed by atoms with Crippen LogP contribution >= 0.6 is 0 Å². The molecule has 0 radical (unpaired) electrons. The summed E-state index contributed by atoms with van der Waals surface area (Å²) in [5.41, 5.74) is 0.343.